The van der Waals surface area contributed by atoms with Crippen molar-refractivity contribution in [1.29, 1.82) is 0 Å². The molecule has 0 aromatic heterocycles. The predicted octanol–water partition coefficient (Wildman–Crippen LogP) is 2.67. The molecular formula is C21H30N2O2. The number of carbonyl (C=O) groups excluding carboxylic acids is 1. The molecule has 1 N–H and O–H groups in total. The molecule has 2 aliphatic heterocycles. The molecule has 3 aliphatic rings. The van der Waals surface area contributed by atoms with Crippen LogP contribution in [0, 0.1) is 31.6 Å². The Morgan fingerprint density at radius 3 is 2.92 bits per heavy atom. The van der Waals surface area contributed by atoms with E-state index in [1.54, 1.807) is 0 Å². The maximum absolute atomic E-state index is 12.0. The molecule has 4 nitrogen and oxygen atoms in total. The van der Waals surface area contributed by atoms with Gasteiger partial charge in [-0.25, -0.2) is 0 Å². The van der Waals surface area contributed by atoms with E-state index in [2.05, 4.69) is 42.3 Å². The van der Waals surface area contributed by atoms with Gasteiger partial charge in [-0.2, -0.15) is 0 Å². The minimum absolute atomic E-state index is 0.233. The van der Waals surface area contributed by atoms with Crippen LogP contribution >= 0.6 is 0 Å². The van der Waals surface area contributed by atoms with Crippen molar-refractivity contribution in [3.8, 4) is 0 Å². The largest absolute Gasteiger partial charge is 0.376 e. The quantitative estimate of drug-likeness (QED) is 0.864. The second-order valence-electron chi connectivity index (χ2n) is 8.37. The van der Waals surface area contributed by atoms with Gasteiger partial charge in [0.25, 0.3) is 0 Å². The van der Waals surface area contributed by atoms with Crippen LogP contribution in [0.5, 0.6) is 0 Å². The highest BCUT2D eigenvalue weighted by atomic mass is 16.5. The number of fused-ring (bicyclic) bond motifs is 1. The monoisotopic (exact) mass is 342 g/mol. The first-order valence-corrected chi connectivity index (χ1v) is 9.75. The fraction of sp³-hybridized carbons (Fsp3) is 0.667. The molecule has 2 heterocycles. The number of ether oxygens (including phenoxy) is 1. The minimum atomic E-state index is 0.233. The zero-order valence-corrected chi connectivity index (χ0v) is 15.5. The normalized spacial score (nSPS) is 29.0. The van der Waals surface area contributed by atoms with Gasteiger partial charge in [0.15, 0.2) is 0 Å². The molecule has 0 unspecified atom stereocenters. The third kappa shape index (κ3) is 4.06. The van der Waals surface area contributed by atoms with Gasteiger partial charge in [0.05, 0.1) is 12.7 Å². The summed E-state index contributed by atoms with van der Waals surface area (Å²) in [5.41, 5.74) is 4.12. The number of amides is 1. The smallest absolute Gasteiger partial charge is 0.220 e. The fourth-order valence-corrected chi connectivity index (χ4v) is 4.33. The van der Waals surface area contributed by atoms with Crippen LogP contribution in [0.15, 0.2) is 18.2 Å². The molecule has 1 amide bonds. The van der Waals surface area contributed by atoms with Crippen molar-refractivity contribution in [2.24, 2.45) is 17.8 Å². The maximum Gasteiger partial charge on any atom is 0.220 e. The van der Waals surface area contributed by atoms with Gasteiger partial charge in [0.1, 0.15) is 0 Å². The Bertz CT molecular complexity index is 641. The van der Waals surface area contributed by atoms with Crippen LogP contribution in [0.1, 0.15) is 36.0 Å². The number of likely N-dealkylation sites (tertiary alicyclic amines) is 1. The number of rotatable bonds is 6. The molecule has 2 saturated heterocycles. The Balaban J connectivity index is 1.30. The van der Waals surface area contributed by atoms with Crippen LogP contribution in [0.2, 0.25) is 0 Å². The van der Waals surface area contributed by atoms with Crippen LogP contribution in [0.4, 0.5) is 0 Å². The summed E-state index contributed by atoms with van der Waals surface area (Å²) in [4.78, 5) is 14.5. The van der Waals surface area contributed by atoms with Crippen molar-refractivity contribution in [1.82, 2.24) is 10.2 Å². The topological polar surface area (TPSA) is 41.6 Å². The first kappa shape index (κ1) is 17.0. The standard InChI is InChI=1S/C21H30N2O2/c1-14-3-4-15(2)17(7-14)10-23-11-19-18(13-25-20(19)12-23)9-22-21(24)8-16-5-6-16/h3-4,7,16,18-20H,5-6,8-13H2,1-2H3,(H,22,24)/t18-,19+,20+/m0/s1. The van der Waals surface area contributed by atoms with Crippen LogP contribution in [-0.4, -0.2) is 43.2 Å². The van der Waals surface area contributed by atoms with Gasteiger partial charge in [-0.3, -0.25) is 9.69 Å². The summed E-state index contributed by atoms with van der Waals surface area (Å²) in [6, 6.07) is 6.71. The summed E-state index contributed by atoms with van der Waals surface area (Å²) in [5, 5.41) is 3.15. The zero-order chi connectivity index (χ0) is 17.4. The first-order valence-electron chi connectivity index (χ1n) is 9.75. The molecule has 0 bridgehead atoms. The highest BCUT2D eigenvalue weighted by molar-refractivity contribution is 5.76. The van der Waals surface area contributed by atoms with E-state index in [-0.39, 0.29) is 5.91 Å². The second-order valence-corrected chi connectivity index (χ2v) is 8.37. The molecule has 1 aromatic carbocycles. The van der Waals surface area contributed by atoms with Crippen LogP contribution in [0.3, 0.4) is 0 Å². The van der Waals surface area contributed by atoms with Gasteiger partial charge in [-0.1, -0.05) is 23.8 Å². The number of nitrogens with one attached hydrogen (secondary N) is 1. The van der Waals surface area contributed by atoms with Gasteiger partial charge < -0.3 is 10.1 Å². The summed E-state index contributed by atoms with van der Waals surface area (Å²) < 4.78 is 6.04. The molecule has 136 valence electrons. The molecule has 1 aromatic rings. The summed E-state index contributed by atoms with van der Waals surface area (Å²) in [5.74, 6) is 1.92. The summed E-state index contributed by atoms with van der Waals surface area (Å²) in [6.07, 6.45) is 3.53. The lowest BCUT2D eigenvalue weighted by molar-refractivity contribution is -0.121. The van der Waals surface area contributed by atoms with E-state index in [9.17, 15) is 4.79 Å². The van der Waals surface area contributed by atoms with Gasteiger partial charge in [0.2, 0.25) is 5.91 Å². The highest BCUT2D eigenvalue weighted by Crippen LogP contribution is 2.35. The van der Waals surface area contributed by atoms with Gasteiger partial charge in [0, 0.05) is 44.4 Å². The number of hydrogen-bond donors (Lipinski definition) is 1. The molecule has 0 radical (unpaired) electrons. The van der Waals surface area contributed by atoms with E-state index in [0.29, 0.717) is 23.9 Å². The average Bonchev–Trinajstić information content (AvgIpc) is 3.17. The Hall–Kier alpha value is -1.39. The lowest BCUT2D eigenvalue weighted by Crippen LogP contribution is -2.34. The molecule has 0 spiro atoms. The van der Waals surface area contributed by atoms with E-state index < -0.39 is 0 Å². The maximum atomic E-state index is 12.0. The molecule has 4 heteroatoms. The van der Waals surface area contributed by atoms with E-state index in [1.165, 1.54) is 29.5 Å². The van der Waals surface area contributed by atoms with E-state index in [4.69, 9.17) is 4.74 Å². The summed E-state index contributed by atoms with van der Waals surface area (Å²) in [7, 11) is 0. The lowest BCUT2D eigenvalue weighted by Gasteiger charge is -2.21. The van der Waals surface area contributed by atoms with Gasteiger partial charge in [-0.05, 0) is 43.7 Å². The summed E-state index contributed by atoms with van der Waals surface area (Å²) in [6.45, 7) is 9.04. The third-order valence-electron chi connectivity index (χ3n) is 6.15. The van der Waals surface area contributed by atoms with Crippen molar-refractivity contribution in [3.63, 3.8) is 0 Å². The lowest BCUT2D eigenvalue weighted by atomic mass is 9.93. The Morgan fingerprint density at radius 1 is 1.28 bits per heavy atom. The number of carbonyl (C=O) groups is 1. The van der Waals surface area contributed by atoms with E-state index in [0.717, 1.165) is 39.2 Å². The predicted molar refractivity (Wildman–Crippen MR) is 98.3 cm³/mol. The number of nitrogens with zero attached hydrogens (tertiary/aromatic N) is 1. The Morgan fingerprint density at radius 2 is 2.12 bits per heavy atom. The van der Waals surface area contributed by atoms with Crippen molar-refractivity contribution in [2.75, 3.05) is 26.2 Å². The number of aryl methyl sites for hydroxylation is 2. The zero-order valence-electron chi connectivity index (χ0n) is 15.5. The Kier molecular flexibility index (Phi) is 4.83. The first-order chi connectivity index (χ1) is 12.1. The molecule has 3 fully saturated rings. The second kappa shape index (κ2) is 7.08. The fourth-order valence-electron chi connectivity index (χ4n) is 4.33. The molecule has 1 aliphatic carbocycles. The number of benzene rings is 1. The van der Waals surface area contributed by atoms with Crippen LogP contribution in [-0.2, 0) is 16.1 Å². The van der Waals surface area contributed by atoms with Gasteiger partial charge in [-0.15, -0.1) is 0 Å². The number of hydrogen-bond acceptors (Lipinski definition) is 3. The minimum Gasteiger partial charge on any atom is -0.376 e. The van der Waals surface area contributed by atoms with Crippen LogP contribution in [0.25, 0.3) is 0 Å². The average molecular weight is 342 g/mol. The van der Waals surface area contributed by atoms with Crippen LogP contribution < -0.4 is 5.32 Å². The van der Waals surface area contributed by atoms with Gasteiger partial charge >= 0.3 is 0 Å². The van der Waals surface area contributed by atoms with Crippen molar-refractivity contribution in [3.05, 3.63) is 34.9 Å². The highest BCUT2D eigenvalue weighted by Gasteiger charge is 2.43. The Labute approximate surface area is 150 Å². The summed E-state index contributed by atoms with van der Waals surface area (Å²) >= 11 is 0. The van der Waals surface area contributed by atoms with Crippen molar-refractivity contribution < 1.29 is 9.53 Å². The van der Waals surface area contributed by atoms with Crippen molar-refractivity contribution >= 4 is 5.91 Å². The third-order valence-corrected chi connectivity index (χ3v) is 6.15. The molecule has 3 atom stereocenters. The van der Waals surface area contributed by atoms with Crippen molar-refractivity contribution in [2.45, 2.75) is 45.8 Å². The molecule has 1 saturated carbocycles. The SMILES string of the molecule is Cc1ccc(C)c(CN2C[C@@H]3[C@@H](CNC(=O)CC4CC4)CO[C@@H]3C2)c1. The molecule has 25 heavy (non-hydrogen) atoms. The van der Waals surface area contributed by atoms with E-state index >= 15 is 0 Å². The molecular weight excluding hydrogens is 312 g/mol. The van der Waals surface area contributed by atoms with E-state index in [1.807, 2.05) is 0 Å². The molecule has 4 rings (SSSR count).